The Balaban J connectivity index is 2.74. The standard InChI is InChI=1S/C9H11N7O2/c1-5-8(16(17)18)7(13-9(10-2)12-5)6-4-11-14-15(6)3/h4H,1-3H3,(H,10,12,13). The van der Waals surface area contributed by atoms with Crippen molar-refractivity contribution in [3.05, 3.63) is 22.0 Å². The number of anilines is 1. The van der Waals surface area contributed by atoms with E-state index in [-0.39, 0.29) is 17.1 Å². The Labute approximate surface area is 102 Å². The fourth-order valence-electron chi connectivity index (χ4n) is 1.58. The molecule has 9 nitrogen and oxygen atoms in total. The maximum Gasteiger partial charge on any atom is 0.318 e. The molecule has 9 heteroatoms. The van der Waals surface area contributed by atoms with Crippen LogP contribution in [0.15, 0.2) is 6.20 Å². The molecule has 0 radical (unpaired) electrons. The van der Waals surface area contributed by atoms with Gasteiger partial charge in [-0.25, -0.2) is 14.6 Å². The molecular formula is C9H11N7O2. The molecule has 0 amide bonds. The van der Waals surface area contributed by atoms with Crippen LogP contribution in [0.4, 0.5) is 11.6 Å². The number of aromatic nitrogens is 5. The van der Waals surface area contributed by atoms with Gasteiger partial charge in [-0.15, -0.1) is 5.10 Å². The lowest BCUT2D eigenvalue weighted by Crippen LogP contribution is -2.07. The minimum atomic E-state index is -0.503. The average molecular weight is 249 g/mol. The van der Waals surface area contributed by atoms with Gasteiger partial charge in [-0.05, 0) is 6.92 Å². The fourth-order valence-corrected chi connectivity index (χ4v) is 1.58. The summed E-state index contributed by atoms with van der Waals surface area (Å²) < 4.78 is 1.42. The third-order valence-electron chi connectivity index (χ3n) is 2.42. The van der Waals surface area contributed by atoms with E-state index in [1.165, 1.54) is 10.9 Å². The van der Waals surface area contributed by atoms with Gasteiger partial charge in [-0.3, -0.25) is 10.1 Å². The van der Waals surface area contributed by atoms with E-state index in [0.29, 0.717) is 11.6 Å². The summed E-state index contributed by atoms with van der Waals surface area (Å²) in [6.45, 7) is 1.56. The predicted molar refractivity (Wildman–Crippen MR) is 63.0 cm³/mol. The molecule has 0 aromatic carbocycles. The van der Waals surface area contributed by atoms with Gasteiger partial charge in [0.2, 0.25) is 5.95 Å². The average Bonchev–Trinajstić information content (AvgIpc) is 2.73. The summed E-state index contributed by atoms with van der Waals surface area (Å²) in [7, 11) is 3.29. The summed E-state index contributed by atoms with van der Waals surface area (Å²) in [6, 6.07) is 0. The van der Waals surface area contributed by atoms with Crippen LogP contribution in [0, 0.1) is 17.0 Å². The summed E-state index contributed by atoms with van der Waals surface area (Å²) >= 11 is 0. The van der Waals surface area contributed by atoms with Crippen molar-refractivity contribution >= 4 is 11.6 Å². The van der Waals surface area contributed by atoms with E-state index in [0.717, 1.165) is 0 Å². The lowest BCUT2D eigenvalue weighted by atomic mass is 10.2. The number of hydrogen-bond acceptors (Lipinski definition) is 7. The van der Waals surface area contributed by atoms with Crippen LogP contribution in [0.1, 0.15) is 5.69 Å². The quantitative estimate of drug-likeness (QED) is 0.623. The molecule has 2 heterocycles. The number of aryl methyl sites for hydroxylation is 2. The van der Waals surface area contributed by atoms with Crippen LogP contribution in [0.25, 0.3) is 11.4 Å². The first-order valence-corrected chi connectivity index (χ1v) is 5.10. The highest BCUT2D eigenvalue weighted by Gasteiger charge is 2.25. The van der Waals surface area contributed by atoms with Crippen LogP contribution >= 0.6 is 0 Å². The Kier molecular flexibility index (Phi) is 2.88. The maximum atomic E-state index is 11.1. The second-order valence-electron chi connectivity index (χ2n) is 3.58. The van der Waals surface area contributed by atoms with Gasteiger partial charge in [0.15, 0.2) is 5.69 Å². The van der Waals surface area contributed by atoms with E-state index in [2.05, 4.69) is 25.6 Å². The molecular weight excluding hydrogens is 238 g/mol. The van der Waals surface area contributed by atoms with Crippen molar-refractivity contribution < 1.29 is 4.92 Å². The second-order valence-corrected chi connectivity index (χ2v) is 3.58. The van der Waals surface area contributed by atoms with E-state index < -0.39 is 4.92 Å². The van der Waals surface area contributed by atoms with Crippen molar-refractivity contribution in [2.75, 3.05) is 12.4 Å². The van der Waals surface area contributed by atoms with Gasteiger partial charge in [0.25, 0.3) is 0 Å². The van der Waals surface area contributed by atoms with Crippen molar-refractivity contribution in [3.8, 4) is 11.4 Å². The molecule has 0 unspecified atom stereocenters. The molecule has 1 N–H and O–H groups in total. The van der Waals surface area contributed by atoms with E-state index in [1.54, 1.807) is 21.0 Å². The third-order valence-corrected chi connectivity index (χ3v) is 2.42. The zero-order valence-corrected chi connectivity index (χ0v) is 10.1. The largest absolute Gasteiger partial charge is 0.357 e. The van der Waals surface area contributed by atoms with Gasteiger partial charge in [0.1, 0.15) is 11.4 Å². The van der Waals surface area contributed by atoms with Gasteiger partial charge in [0, 0.05) is 14.1 Å². The van der Waals surface area contributed by atoms with E-state index >= 15 is 0 Å². The van der Waals surface area contributed by atoms with Crippen molar-refractivity contribution in [1.29, 1.82) is 0 Å². The first kappa shape index (κ1) is 11.9. The lowest BCUT2D eigenvalue weighted by Gasteiger charge is -2.06. The fraction of sp³-hybridized carbons (Fsp3) is 0.333. The molecule has 0 aliphatic carbocycles. The molecule has 0 spiro atoms. The van der Waals surface area contributed by atoms with Crippen molar-refractivity contribution in [3.63, 3.8) is 0 Å². The second kappa shape index (κ2) is 4.35. The molecule has 0 fully saturated rings. The van der Waals surface area contributed by atoms with Crippen molar-refractivity contribution in [1.82, 2.24) is 25.0 Å². The number of rotatable bonds is 3. The zero-order chi connectivity index (χ0) is 13.3. The van der Waals surface area contributed by atoms with Gasteiger partial charge in [-0.2, -0.15) is 0 Å². The van der Waals surface area contributed by atoms with Gasteiger partial charge in [-0.1, -0.05) is 5.21 Å². The molecule has 0 aliphatic heterocycles. The van der Waals surface area contributed by atoms with Crippen LogP contribution in [0.3, 0.4) is 0 Å². The molecule has 0 bridgehead atoms. The monoisotopic (exact) mass is 249 g/mol. The molecule has 2 rings (SSSR count). The van der Waals surface area contributed by atoms with Crippen LogP contribution in [-0.2, 0) is 7.05 Å². The highest BCUT2D eigenvalue weighted by Crippen LogP contribution is 2.29. The molecule has 94 valence electrons. The summed E-state index contributed by atoms with van der Waals surface area (Å²) in [5.74, 6) is 0.314. The van der Waals surface area contributed by atoms with Crippen LogP contribution in [0.5, 0.6) is 0 Å². The molecule has 0 saturated heterocycles. The normalized spacial score (nSPS) is 10.4. The van der Waals surface area contributed by atoms with Crippen molar-refractivity contribution in [2.24, 2.45) is 7.05 Å². The summed E-state index contributed by atoms with van der Waals surface area (Å²) in [5.41, 5.74) is 0.808. The number of nitro groups is 1. The summed E-state index contributed by atoms with van der Waals surface area (Å²) in [5, 5.41) is 21.3. The first-order valence-electron chi connectivity index (χ1n) is 5.10. The molecule has 2 aromatic heterocycles. The molecule has 0 atom stereocenters. The Morgan fingerprint density at radius 2 is 2.17 bits per heavy atom. The number of nitrogens with zero attached hydrogens (tertiary/aromatic N) is 6. The minimum Gasteiger partial charge on any atom is -0.357 e. The Bertz CT molecular complexity index is 607. The molecule has 18 heavy (non-hydrogen) atoms. The molecule has 0 saturated carbocycles. The number of nitrogens with one attached hydrogen (secondary N) is 1. The van der Waals surface area contributed by atoms with E-state index in [9.17, 15) is 10.1 Å². The number of hydrogen-bond donors (Lipinski definition) is 1. The zero-order valence-electron chi connectivity index (χ0n) is 10.1. The lowest BCUT2D eigenvalue weighted by molar-refractivity contribution is -0.385. The maximum absolute atomic E-state index is 11.1. The topological polar surface area (TPSA) is 112 Å². The SMILES string of the molecule is CNc1nc(C)c([N+](=O)[O-])c(-c2cnnn2C)n1. The smallest absolute Gasteiger partial charge is 0.318 e. The summed E-state index contributed by atoms with van der Waals surface area (Å²) in [4.78, 5) is 18.7. The van der Waals surface area contributed by atoms with Crippen LogP contribution in [-0.4, -0.2) is 36.9 Å². The summed E-state index contributed by atoms with van der Waals surface area (Å²) in [6.07, 6.45) is 1.42. The third kappa shape index (κ3) is 1.85. The van der Waals surface area contributed by atoms with Crippen LogP contribution < -0.4 is 5.32 Å². The Morgan fingerprint density at radius 3 is 2.67 bits per heavy atom. The molecule has 0 aliphatic rings. The first-order chi connectivity index (χ1) is 8.54. The highest BCUT2D eigenvalue weighted by molar-refractivity contribution is 5.68. The van der Waals surface area contributed by atoms with E-state index in [1.807, 2.05) is 0 Å². The molecule has 2 aromatic rings. The van der Waals surface area contributed by atoms with E-state index in [4.69, 9.17) is 0 Å². The predicted octanol–water partition coefficient (Wildman–Crippen LogP) is 0.530. The van der Waals surface area contributed by atoms with Gasteiger partial charge in [0.05, 0.1) is 11.1 Å². The minimum absolute atomic E-state index is 0.139. The van der Waals surface area contributed by atoms with Crippen LogP contribution in [0.2, 0.25) is 0 Å². The Hall–Kier alpha value is -2.58. The van der Waals surface area contributed by atoms with Crippen molar-refractivity contribution in [2.45, 2.75) is 6.92 Å². The Morgan fingerprint density at radius 1 is 1.44 bits per heavy atom. The van der Waals surface area contributed by atoms with Gasteiger partial charge < -0.3 is 5.32 Å². The van der Waals surface area contributed by atoms with Gasteiger partial charge >= 0.3 is 5.69 Å². The highest BCUT2D eigenvalue weighted by atomic mass is 16.6.